The van der Waals surface area contributed by atoms with Gasteiger partial charge >= 0.3 is 0 Å². The fourth-order valence-corrected chi connectivity index (χ4v) is 1.96. The Morgan fingerprint density at radius 3 is 3.15 bits per heavy atom. The minimum Gasteiger partial charge on any atom is -0.312 e. The Kier molecular flexibility index (Phi) is 2.95. The summed E-state index contributed by atoms with van der Waals surface area (Å²) < 4.78 is 2.85. The maximum absolute atomic E-state index is 3.99. The fourth-order valence-electron chi connectivity index (χ4n) is 1.66. The standard InChI is InChI=1S/C8H13BrN4/c9-8-5-11-12-13(8)6-7-3-1-2-4-10-7/h5,7,10H,1-4,6H2. The number of aromatic nitrogens is 3. The highest BCUT2D eigenvalue weighted by atomic mass is 79.9. The van der Waals surface area contributed by atoms with Crippen LogP contribution in [0.25, 0.3) is 0 Å². The van der Waals surface area contributed by atoms with Gasteiger partial charge in [0.1, 0.15) is 4.60 Å². The van der Waals surface area contributed by atoms with E-state index in [-0.39, 0.29) is 0 Å². The topological polar surface area (TPSA) is 42.7 Å². The second-order valence-corrected chi connectivity index (χ2v) is 4.20. The molecule has 2 heterocycles. The number of hydrogen-bond donors (Lipinski definition) is 1. The van der Waals surface area contributed by atoms with Gasteiger partial charge in [-0.2, -0.15) is 0 Å². The van der Waals surface area contributed by atoms with Crippen molar-refractivity contribution >= 4 is 15.9 Å². The summed E-state index contributed by atoms with van der Waals surface area (Å²) in [4.78, 5) is 0. The Hall–Kier alpha value is -0.420. The second-order valence-electron chi connectivity index (χ2n) is 3.39. The Balaban J connectivity index is 1.93. The van der Waals surface area contributed by atoms with E-state index in [4.69, 9.17) is 0 Å². The molecule has 72 valence electrons. The van der Waals surface area contributed by atoms with Gasteiger partial charge in [0.25, 0.3) is 0 Å². The summed E-state index contributed by atoms with van der Waals surface area (Å²) in [6, 6.07) is 0.562. The lowest BCUT2D eigenvalue weighted by Gasteiger charge is -2.23. The molecule has 1 aromatic rings. The van der Waals surface area contributed by atoms with Crippen LogP contribution >= 0.6 is 15.9 Å². The van der Waals surface area contributed by atoms with Crippen LogP contribution in [0.3, 0.4) is 0 Å². The number of nitrogens with one attached hydrogen (secondary N) is 1. The van der Waals surface area contributed by atoms with E-state index in [1.54, 1.807) is 6.20 Å². The molecule has 0 aliphatic carbocycles. The minimum atomic E-state index is 0.562. The molecule has 1 aliphatic heterocycles. The van der Waals surface area contributed by atoms with Gasteiger partial charge in [-0.25, -0.2) is 4.68 Å². The summed E-state index contributed by atoms with van der Waals surface area (Å²) in [7, 11) is 0. The highest BCUT2D eigenvalue weighted by Gasteiger charge is 2.14. The third kappa shape index (κ3) is 2.28. The first-order valence-corrected chi connectivity index (χ1v) is 5.43. The summed E-state index contributed by atoms with van der Waals surface area (Å²) in [5, 5.41) is 11.3. The van der Waals surface area contributed by atoms with Crippen LogP contribution in [0.15, 0.2) is 10.8 Å². The lowest BCUT2D eigenvalue weighted by molar-refractivity contribution is 0.346. The largest absolute Gasteiger partial charge is 0.312 e. The van der Waals surface area contributed by atoms with E-state index in [9.17, 15) is 0 Å². The third-order valence-corrected chi connectivity index (χ3v) is 2.99. The van der Waals surface area contributed by atoms with Crippen molar-refractivity contribution in [1.29, 1.82) is 0 Å². The summed E-state index contributed by atoms with van der Waals surface area (Å²) in [6.45, 7) is 2.05. The van der Waals surface area contributed by atoms with Gasteiger partial charge in [0, 0.05) is 6.04 Å². The Bertz CT molecular complexity index is 267. The quantitative estimate of drug-likeness (QED) is 0.850. The maximum Gasteiger partial charge on any atom is 0.124 e. The number of piperidine rings is 1. The summed E-state index contributed by atoms with van der Waals surface area (Å²) in [6.07, 6.45) is 5.59. The van der Waals surface area contributed by atoms with Gasteiger partial charge in [-0.05, 0) is 35.3 Å². The van der Waals surface area contributed by atoms with E-state index < -0.39 is 0 Å². The molecule has 0 amide bonds. The average molecular weight is 245 g/mol. The van der Waals surface area contributed by atoms with Crippen molar-refractivity contribution in [3.8, 4) is 0 Å². The van der Waals surface area contributed by atoms with Crippen LogP contribution < -0.4 is 5.32 Å². The number of rotatable bonds is 2. The molecule has 0 bridgehead atoms. The molecule has 2 rings (SSSR count). The smallest absolute Gasteiger partial charge is 0.124 e. The predicted octanol–water partition coefficient (Wildman–Crippen LogP) is 1.18. The zero-order chi connectivity index (χ0) is 9.10. The van der Waals surface area contributed by atoms with Crippen molar-refractivity contribution in [3.05, 3.63) is 10.8 Å². The van der Waals surface area contributed by atoms with Crippen LogP contribution in [0.2, 0.25) is 0 Å². The number of hydrogen-bond acceptors (Lipinski definition) is 3. The van der Waals surface area contributed by atoms with Crippen LogP contribution in [-0.2, 0) is 6.54 Å². The summed E-state index contributed by atoms with van der Waals surface area (Å²) in [5.41, 5.74) is 0. The predicted molar refractivity (Wildman–Crippen MR) is 53.4 cm³/mol. The molecular weight excluding hydrogens is 232 g/mol. The molecule has 0 aromatic carbocycles. The van der Waals surface area contributed by atoms with Crippen LogP contribution in [0, 0.1) is 0 Å². The van der Waals surface area contributed by atoms with Crippen molar-refractivity contribution in [3.63, 3.8) is 0 Å². The third-order valence-electron chi connectivity index (χ3n) is 2.38. The highest BCUT2D eigenvalue weighted by molar-refractivity contribution is 9.10. The summed E-state index contributed by atoms with van der Waals surface area (Å²) in [5.74, 6) is 0. The van der Waals surface area contributed by atoms with Crippen LogP contribution in [0.4, 0.5) is 0 Å². The van der Waals surface area contributed by atoms with Crippen molar-refractivity contribution in [2.75, 3.05) is 6.54 Å². The Morgan fingerprint density at radius 2 is 2.54 bits per heavy atom. The summed E-state index contributed by atoms with van der Waals surface area (Å²) >= 11 is 3.40. The van der Waals surface area contributed by atoms with Crippen molar-refractivity contribution in [2.24, 2.45) is 0 Å². The number of nitrogens with zero attached hydrogens (tertiary/aromatic N) is 3. The van der Waals surface area contributed by atoms with Crippen LogP contribution in [-0.4, -0.2) is 27.6 Å². The molecule has 1 fully saturated rings. The average Bonchev–Trinajstić information content (AvgIpc) is 2.54. The first-order valence-electron chi connectivity index (χ1n) is 4.63. The molecule has 0 radical (unpaired) electrons. The zero-order valence-electron chi connectivity index (χ0n) is 7.41. The van der Waals surface area contributed by atoms with E-state index in [2.05, 4.69) is 31.6 Å². The lowest BCUT2D eigenvalue weighted by Crippen LogP contribution is -2.37. The van der Waals surface area contributed by atoms with Crippen molar-refractivity contribution < 1.29 is 0 Å². The van der Waals surface area contributed by atoms with E-state index >= 15 is 0 Å². The molecule has 1 unspecified atom stereocenters. The molecule has 1 atom stereocenters. The Morgan fingerprint density at radius 1 is 1.62 bits per heavy atom. The molecule has 5 heteroatoms. The SMILES string of the molecule is Brc1cnnn1CC1CCCCN1. The molecule has 4 nitrogen and oxygen atoms in total. The van der Waals surface area contributed by atoms with E-state index in [1.807, 2.05) is 4.68 Å². The molecule has 1 aliphatic rings. The van der Waals surface area contributed by atoms with Crippen LogP contribution in [0.1, 0.15) is 19.3 Å². The van der Waals surface area contributed by atoms with E-state index in [0.29, 0.717) is 6.04 Å². The molecule has 1 N–H and O–H groups in total. The first kappa shape index (κ1) is 9.15. The molecule has 0 spiro atoms. The van der Waals surface area contributed by atoms with E-state index in [0.717, 1.165) is 17.7 Å². The van der Waals surface area contributed by atoms with Crippen LogP contribution in [0.5, 0.6) is 0 Å². The molecule has 1 aromatic heterocycles. The molecule has 13 heavy (non-hydrogen) atoms. The van der Waals surface area contributed by atoms with Crippen molar-refractivity contribution in [1.82, 2.24) is 20.3 Å². The molecule has 0 saturated carbocycles. The fraction of sp³-hybridized carbons (Fsp3) is 0.750. The molecular formula is C8H13BrN4. The van der Waals surface area contributed by atoms with E-state index in [1.165, 1.54) is 19.3 Å². The van der Waals surface area contributed by atoms with Gasteiger partial charge in [-0.1, -0.05) is 11.6 Å². The van der Waals surface area contributed by atoms with Gasteiger partial charge in [0.2, 0.25) is 0 Å². The minimum absolute atomic E-state index is 0.562. The normalized spacial score (nSPS) is 23.3. The van der Waals surface area contributed by atoms with Gasteiger partial charge in [0.05, 0.1) is 12.7 Å². The van der Waals surface area contributed by atoms with Crippen molar-refractivity contribution in [2.45, 2.75) is 31.8 Å². The highest BCUT2D eigenvalue weighted by Crippen LogP contribution is 2.11. The first-order chi connectivity index (χ1) is 6.36. The lowest BCUT2D eigenvalue weighted by atomic mass is 10.1. The van der Waals surface area contributed by atoms with Gasteiger partial charge < -0.3 is 5.32 Å². The van der Waals surface area contributed by atoms with Gasteiger partial charge in [-0.3, -0.25) is 0 Å². The van der Waals surface area contributed by atoms with Gasteiger partial charge in [0.15, 0.2) is 0 Å². The van der Waals surface area contributed by atoms with Gasteiger partial charge in [-0.15, -0.1) is 5.10 Å². The number of halogens is 1. The Labute approximate surface area is 85.8 Å². The maximum atomic E-state index is 3.99. The second kappa shape index (κ2) is 4.19. The monoisotopic (exact) mass is 244 g/mol. The molecule has 1 saturated heterocycles. The zero-order valence-corrected chi connectivity index (χ0v) is 9.00.